The number of carbonyl (C=O) groups is 3. The third kappa shape index (κ3) is 6.27. The Morgan fingerprint density at radius 2 is 2.11 bits per heavy atom. The van der Waals surface area contributed by atoms with Crippen LogP contribution in [0, 0.1) is 0 Å². The van der Waals surface area contributed by atoms with Crippen molar-refractivity contribution in [3.8, 4) is 5.75 Å². The summed E-state index contributed by atoms with van der Waals surface area (Å²) in [5.41, 5.74) is 0.710. The highest BCUT2D eigenvalue weighted by atomic mass is 127. The first-order valence-electron chi connectivity index (χ1n) is 8.18. The smallest absolute Gasteiger partial charge is 0.534 e. The molecule has 0 spiro atoms. The molecule has 0 saturated heterocycles. The van der Waals surface area contributed by atoms with E-state index in [1.807, 2.05) is 0 Å². The van der Waals surface area contributed by atoms with Gasteiger partial charge in [-0.05, 0) is 24.5 Å². The molecule has 2 rings (SSSR count). The minimum atomic E-state index is -1.31. The van der Waals surface area contributed by atoms with Gasteiger partial charge in [0.25, 0.3) is 0 Å². The molecular weight excluding hydrogens is 472 g/mol. The molecular formula is C16H19BINO8. The van der Waals surface area contributed by atoms with Crippen molar-refractivity contribution in [3.63, 3.8) is 0 Å². The van der Waals surface area contributed by atoms with Gasteiger partial charge < -0.3 is 29.2 Å². The zero-order chi connectivity index (χ0) is 19.8. The van der Waals surface area contributed by atoms with E-state index in [4.69, 9.17) is 14.1 Å². The second-order valence-corrected chi connectivity index (χ2v) is 6.73. The number of ether oxygens (including phenoxy) is 3. The number of carbonyl (C=O) groups excluding carboxylic acids is 3. The zero-order valence-corrected chi connectivity index (χ0v) is 16.8. The van der Waals surface area contributed by atoms with Crippen LogP contribution in [-0.4, -0.2) is 53.9 Å². The molecule has 27 heavy (non-hydrogen) atoms. The molecule has 0 bridgehead atoms. The van der Waals surface area contributed by atoms with Gasteiger partial charge in [0.05, 0.1) is 12.5 Å². The lowest BCUT2D eigenvalue weighted by molar-refractivity contribution is -0.119. The largest absolute Gasteiger partial charge is 0.547 e. The second kappa shape index (κ2) is 10.4. The Balaban J connectivity index is 1.95. The van der Waals surface area contributed by atoms with Crippen LogP contribution in [0.5, 0.6) is 5.75 Å². The van der Waals surface area contributed by atoms with Crippen LogP contribution in [0.4, 0.5) is 4.79 Å². The first kappa shape index (κ1) is 21.3. The number of esters is 1. The average molecular weight is 491 g/mol. The fourth-order valence-electron chi connectivity index (χ4n) is 2.43. The Hall–Kier alpha value is -2.02. The number of para-hydroxylation sites is 1. The van der Waals surface area contributed by atoms with Crippen LogP contribution in [0.1, 0.15) is 29.3 Å². The summed E-state index contributed by atoms with van der Waals surface area (Å²) < 4.78 is 20.6. The molecule has 146 valence electrons. The van der Waals surface area contributed by atoms with Crippen LogP contribution in [0.15, 0.2) is 18.2 Å². The van der Waals surface area contributed by atoms with Crippen LogP contribution in [-0.2, 0) is 25.4 Å². The molecule has 2 N–H and O–H groups in total. The van der Waals surface area contributed by atoms with E-state index in [9.17, 15) is 19.4 Å². The molecule has 1 amide bonds. The standard InChI is InChI=1S/C16H19BINO8/c1-10(20)19-13-8-11-4-2-5-12(14(11)27-17(13)23)15(21)25-9-26-16(22)24-7-3-6-18/h2,4-5,13,23H,3,6-9H2,1H3,(H,19,20)/t13-/m0/s1. The molecule has 1 atom stereocenters. The van der Waals surface area contributed by atoms with E-state index >= 15 is 0 Å². The first-order chi connectivity index (χ1) is 12.9. The van der Waals surface area contributed by atoms with E-state index < -0.39 is 32.0 Å². The van der Waals surface area contributed by atoms with Crippen LogP contribution in [0.3, 0.4) is 0 Å². The van der Waals surface area contributed by atoms with Crippen molar-refractivity contribution in [2.24, 2.45) is 0 Å². The molecule has 1 aromatic rings. The Morgan fingerprint density at radius 3 is 2.81 bits per heavy atom. The van der Waals surface area contributed by atoms with Crippen LogP contribution >= 0.6 is 22.6 Å². The highest BCUT2D eigenvalue weighted by molar-refractivity contribution is 14.1. The number of halogens is 1. The van der Waals surface area contributed by atoms with Crippen molar-refractivity contribution in [1.29, 1.82) is 0 Å². The van der Waals surface area contributed by atoms with Gasteiger partial charge in [-0.15, -0.1) is 0 Å². The summed E-state index contributed by atoms with van der Waals surface area (Å²) in [4.78, 5) is 34.7. The van der Waals surface area contributed by atoms with E-state index in [0.717, 1.165) is 4.43 Å². The molecule has 0 aliphatic carbocycles. The van der Waals surface area contributed by atoms with Crippen molar-refractivity contribution in [3.05, 3.63) is 29.3 Å². The van der Waals surface area contributed by atoms with Gasteiger partial charge in [-0.3, -0.25) is 4.79 Å². The maximum atomic E-state index is 12.2. The van der Waals surface area contributed by atoms with Crippen molar-refractivity contribution >= 4 is 47.7 Å². The maximum absolute atomic E-state index is 12.2. The summed E-state index contributed by atoms with van der Waals surface area (Å²) in [5, 5.41) is 12.6. The summed E-state index contributed by atoms with van der Waals surface area (Å²) in [6.07, 6.45) is 0.0641. The predicted octanol–water partition coefficient (Wildman–Crippen LogP) is 1.24. The number of amides is 1. The molecule has 0 saturated carbocycles. The van der Waals surface area contributed by atoms with Crippen molar-refractivity contribution in [2.45, 2.75) is 25.7 Å². The topological polar surface area (TPSA) is 120 Å². The highest BCUT2D eigenvalue weighted by Gasteiger charge is 2.37. The molecule has 9 nitrogen and oxygen atoms in total. The van der Waals surface area contributed by atoms with Crippen LogP contribution < -0.4 is 9.97 Å². The van der Waals surface area contributed by atoms with E-state index in [1.54, 1.807) is 12.1 Å². The Kier molecular flexibility index (Phi) is 8.16. The number of fused-ring (bicyclic) bond motifs is 1. The van der Waals surface area contributed by atoms with Crippen LogP contribution in [0.25, 0.3) is 0 Å². The zero-order valence-electron chi connectivity index (χ0n) is 14.6. The Bertz CT molecular complexity index is 701. The molecule has 1 aliphatic heterocycles. The number of rotatable bonds is 7. The number of alkyl halides is 1. The summed E-state index contributed by atoms with van der Waals surface area (Å²) >= 11 is 2.15. The van der Waals surface area contributed by atoms with Gasteiger partial charge in [-0.1, -0.05) is 34.7 Å². The van der Waals surface area contributed by atoms with Gasteiger partial charge in [0.2, 0.25) is 12.7 Å². The molecule has 1 heterocycles. The monoisotopic (exact) mass is 491 g/mol. The second-order valence-electron chi connectivity index (χ2n) is 5.65. The molecule has 1 aliphatic rings. The minimum absolute atomic E-state index is 0.0784. The third-order valence-corrected chi connectivity index (χ3v) is 4.36. The normalized spacial score (nSPS) is 15.2. The quantitative estimate of drug-likeness (QED) is 0.146. The van der Waals surface area contributed by atoms with Crippen molar-refractivity contribution in [2.75, 3.05) is 17.8 Å². The van der Waals surface area contributed by atoms with Crippen LogP contribution in [0.2, 0.25) is 0 Å². The van der Waals surface area contributed by atoms with E-state index in [1.165, 1.54) is 13.0 Å². The Labute approximate surface area is 170 Å². The predicted molar refractivity (Wildman–Crippen MR) is 103 cm³/mol. The Morgan fingerprint density at radius 1 is 1.33 bits per heavy atom. The number of hydrogen-bond acceptors (Lipinski definition) is 8. The SMILES string of the molecule is CC(=O)N[C@H]1Cc2cccc(C(=O)OCOC(=O)OCCCI)c2OB1O. The van der Waals surface area contributed by atoms with E-state index in [-0.39, 0.29) is 30.2 Å². The van der Waals surface area contributed by atoms with Crippen molar-refractivity contribution in [1.82, 2.24) is 5.32 Å². The van der Waals surface area contributed by atoms with Gasteiger partial charge >= 0.3 is 19.2 Å². The molecule has 0 fully saturated rings. The van der Waals surface area contributed by atoms with Crippen molar-refractivity contribution < 1.29 is 38.3 Å². The third-order valence-electron chi connectivity index (χ3n) is 3.59. The fourth-order valence-corrected chi connectivity index (χ4v) is 2.74. The van der Waals surface area contributed by atoms with E-state index in [0.29, 0.717) is 12.0 Å². The summed E-state index contributed by atoms with van der Waals surface area (Å²) in [5.74, 6) is -1.54. The molecule has 1 aromatic carbocycles. The number of hydrogen-bond donors (Lipinski definition) is 2. The maximum Gasteiger partial charge on any atom is 0.547 e. The first-order valence-corrected chi connectivity index (χ1v) is 9.71. The lowest BCUT2D eigenvalue weighted by Crippen LogP contribution is -2.52. The van der Waals surface area contributed by atoms with Gasteiger partial charge in [-0.25, -0.2) is 9.59 Å². The summed E-state index contributed by atoms with van der Waals surface area (Å²) in [6, 6.07) is 4.81. The summed E-state index contributed by atoms with van der Waals surface area (Å²) in [6.45, 7) is 0.953. The fraction of sp³-hybridized carbons (Fsp3) is 0.438. The van der Waals surface area contributed by atoms with Gasteiger partial charge in [0.1, 0.15) is 11.3 Å². The highest BCUT2D eigenvalue weighted by Crippen LogP contribution is 2.30. The molecule has 0 unspecified atom stereocenters. The van der Waals surface area contributed by atoms with E-state index in [2.05, 4.69) is 32.6 Å². The lowest BCUT2D eigenvalue weighted by atomic mass is 9.72. The average Bonchev–Trinajstić information content (AvgIpc) is 2.61. The minimum Gasteiger partial charge on any atom is -0.534 e. The lowest BCUT2D eigenvalue weighted by Gasteiger charge is -2.28. The molecule has 11 heteroatoms. The van der Waals surface area contributed by atoms with Gasteiger partial charge in [-0.2, -0.15) is 0 Å². The van der Waals surface area contributed by atoms with Gasteiger partial charge in [0.15, 0.2) is 0 Å². The number of nitrogens with one attached hydrogen (secondary N) is 1. The number of benzene rings is 1. The summed E-state index contributed by atoms with van der Waals surface area (Å²) in [7, 11) is -1.31. The van der Waals surface area contributed by atoms with Gasteiger partial charge in [0, 0.05) is 11.4 Å². The molecule has 0 aromatic heterocycles. The molecule has 0 radical (unpaired) electrons.